The van der Waals surface area contributed by atoms with E-state index in [1.807, 2.05) is 42.5 Å². The molecule has 0 saturated carbocycles. The lowest BCUT2D eigenvalue weighted by Crippen LogP contribution is -2.03. The molecule has 2 aromatic carbocycles. The summed E-state index contributed by atoms with van der Waals surface area (Å²) in [5.41, 5.74) is 6.10. The summed E-state index contributed by atoms with van der Waals surface area (Å²) in [6.45, 7) is 2.09. The number of methoxy groups -OCH3 is 1. The Balaban J connectivity index is 2.21. The van der Waals surface area contributed by atoms with Gasteiger partial charge in [-0.2, -0.15) is 5.10 Å². The van der Waals surface area contributed by atoms with Gasteiger partial charge in [-0.25, -0.2) is 0 Å². The molecule has 0 unspecified atom stereocenters. The Labute approximate surface area is 113 Å². The number of para-hydroxylation sites is 2. The SMILES string of the molecule is CCC(=NNc1ccccc1OC)c1ccccc1. The summed E-state index contributed by atoms with van der Waals surface area (Å²) in [5, 5.41) is 4.48. The van der Waals surface area contributed by atoms with Crippen LogP contribution in [-0.4, -0.2) is 12.8 Å². The Morgan fingerprint density at radius 3 is 2.42 bits per heavy atom. The molecule has 0 bridgehead atoms. The number of anilines is 1. The van der Waals surface area contributed by atoms with Crippen molar-refractivity contribution < 1.29 is 4.74 Å². The van der Waals surface area contributed by atoms with Gasteiger partial charge in [-0.3, -0.25) is 5.43 Å². The van der Waals surface area contributed by atoms with Gasteiger partial charge in [-0.1, -0.05) is 49.4 Å². The first-order valence-corrected chi connectivity index (χ1v) is 6.36. The predicted molar refractivity (Wildman–Crippen MR) is 79.9 cm³/mol. The number of benzene rings is 2. The van der Waals surface area contributed by atoms with Crippen molar-refractivity contribution in [3.63, 3.8) is 0 Å². The summed E-state index contributed by atoms with van der Waals surface area (Å²) in [4.78, 5) is 0. The van der Waals surface area contributed by atoms with Gasteiger partial charge in [0.25, 0.3) is 0 Å². The molecule has 0 heterocycles. The van der Waals surface area contributed by atoms with Gasteiger partial charge in [-0.15, -0.1) is 0 Å². The average molecular weight is 254 g/mol. The molecule has 19 heavy (non-hydrogen) atoms. The Bertz CT molecular complexity index is 550. The van der Waals surface area contributed by atoms with Crippen molar-refractivity contribution in [3.05, 3.63) is 60.2 Å². The first-order valence-electron chi connectivity index (χ1n) is 6.36. The zero-order chi connectivity index (χ0) is 13.5. The van der Waals surface area contributed by atoms with E-state index in [1.54, 1.807) is 7.11 Å². The van der Waals surface area contributed by atoms with Gasteiger partial charge in [0.2, 0.25) is 0 Å². The van der Waals surface area contributed by atoms with Crippen molar-refractivity contribution >= 4 is 11.4 Å². The van der Waals surface area contributed by atoms with Crippen molar-refractivity contribution in [2.45, 2.75) is 13.3 Å². The number of hydrazone groups is 1. The largest absolute Gasteiger partial charge is 0.495 e. The standard InChI is InChI=1S/C16H18N2O/c1-3-14(13-9-5-4-6-10-13)17-18-15-11-7-8-12-16(15)19-2/h4-12,18H,3H2,1-2H3. The molecule has 0 aliphatic rings. The maximum atomic E-state index is 5.29. The summed E-state index contributed by atoms with van der Waals surface area (Å²) in [6, 6.07) is 17.9. The molecule has 98 valence electrons. The van der Waals surface area contributed by atoms with Crippen LogP contribution in [-0.2, 0) is 0 Å². The topological polar surface area (TPSA) is 33.6 Å². The van der Waals surface area contributed by atoms with E-state index < -0.39 is 0 Å². The molecule has 0 aromatic heterocycles. The van der Waals surface area contributed by atoms with Crippen LogP contribution >= 0.6 is 0 Å². The van der Waals surface area contributed by atoms with Crippen LogP contribution < -0.4 is 10.2 Å². The van der Waals surface area contributed by atoms with Gasteiger partial charge in [-0.05, 0) is 24.1 Å². The summed E-state index contributed by atoms with van der Waals surface area (Å²) in [5.74, 6) is 0.787. The van der Waals surface area contributed by atoms with Gasteiger partial charge in [0.05, 0.1) is 18.5 Å². The Morgan fingerprint density at radius 2 is 1.74 bits per heavy atom. The number of hydrogen-bond acceptors (Lipinski definition) is 3. The van der Waals surface area contributed by atoms with Crippen LogP contribution in [0, 0.1) is 0 Å². The Morgan fingerprint density at radius 1 is 1.05 bits per heavy atom. The molecular weight excluding hydrogens is 236 g/mol. The van der Waals surface area contributed by atoms with Gasteiger partial charge >= 0.3 is 0 Å². The quantitative estimate of drug-likeness (QED) is 0.648. The number of nitrogens with zero attached hydrogens (tertiary/aromatic N) is 1. The van der Waals surface area contributed by atoms with Crippen LogP contribution in [0.15, 0.2) is 59.7 Å². The third kappa shape index (κ3) is 3.35. The molecular formula is C16H18N2O. The zero-order valence-corrected chi connectivity index (χ0v) is 11.3. The lowest BCUT2D eigenvalue weighted by Gasteiger charge is -2.09. The van der Waals surface area contributed by atoms with Gasteiger partial charge < -0.3 is 4.74 Å². The highest BCUT2D eigenvalue weighted by molar-refractivity contribution is 6.00. The van der Waals surface area contributed by atoms with E-state index >= 15 is 0 Å². The van der Waals surface area contributed by atoms with E-state index in [0.29, 0.717) is 0 Å². The molecule has 1 N–H and O–H groups in total. The Hall–Kier alpha value is -2.29. The van der Waals surface area contributed by atoms with Crippen molar-refractivity contribution in [3.8, 4) is 5.75 Å². The fraction of sp³-hybridized carbons (Fsp3) is 0.188. The first kappa shape index (κ1) is 13.1. The number of ether oxygens (including phenoxy) is 1. The van der Waals surface area contributed by atoms with Crippen LogP contribution in [0.4, 0.5) is 5.69 Å². The molecule has 0 amide bonds. The summed E-state index contributed by atoms with van der Waals surface area (Å²) in [7, 11) is 1.65. The molecule has 0 atom stereocenters. The van der Waals surface area contributed by atoms with Crippen molar-refractivity contribution in [1.29, 1.82) is 0 Å². The average Bonchev–Trinajstić information content (AvgIpc) is 2.49. The predicted octanol–water partition coefficient (Wildman–Crippen LogP) is 3.92. The fourth-order valence-electron chi connectivity index (χ4n) is 1.84. The molecule has 0 saturated heterocycles. The number of rotatable bonds is 5. The van der Waals surface area contributed by atoms with Gasteiger partial charge in [0.15, 0.2) is 0 Å². The van der Waals surface area contributed by atoms with Crippen molar-refractivity contribution in [2.75, 3.05) is 12.5 Å². The molecule has 2 aromatic rings. The van der Waals surface area contributed by atoms with E-state index in [4.69, 9.17) is 4.74 Å². The molecule has 0 fully saturated rings. The second-order valence-corrected chi connectivity index (χ2v) is 4.09. The van der Waals surface area contributed by atoms with Crippen LogP contribution in [0.1, 0.15) is 18.9 Å². The van der Waals surface area contributed by atoms with Crippen molar-refractivity contribution in [1.82, 2.24) is 0 Å². The highest BCUT2D eigenvalue weighted by Gasteiger charge is 2.02. The van der Waals surface area contributed by atoms with Crippen LogP contribution in [0.3, 0.4) is 0 Å². The molecule has 0 aliphatic carbocycles. The monoisotopic (exact) mass is 254 g/mol. The van der Waals surface area contributed by atoms with E-state index in [9.17, 15) is 0 Å². The first-order chi connectivity index (χ1) is 9.35. The summed E-state index contributed by atoms with van der Waals surface area (Å²) < 4.78 is 5.29. The minimum absolute atomic E-state index is 0.787. The third-order valence-corrected chi connectivity index (χ3v) is 2.86. The van der Waals surface area contributed by atoms with Crippen LogP contribution in [0.2, 0.25) is 0 Å². The molecule has 2 rings (SSSR count). The second kappa shape index (κ2) is 6.59. The van der Waals surface area contributed by atoms with E-state index in [1.165, 1.54) is 0 Å². The molecule has 3 heteroatoms. The lowest BCUT2D eigenvalue weighted by atomic mass is 10.1. The normalized spacial score (nSPS) is 11.2. The summed E-state index contributed by atoms with van der Waals surface area (Å²) in [6.07, 6.45) is 0.867. The van der Waals surface area contributed by atoms with E-state index in [0.717, 1.165) is 29.1 Å². The zero-order valence-electron chi connectivity index (χ0n) is 11.3. The molecule has 0 aliphatic heterocycles. The molecule has 0 spiro atoms. The molecule has 3 nitrogen and oxygen atoms in total. The Kier molecular flexibility index (Phi) is 4.56. The van der Waals surface area contributed by atoms with Crippen LogP contribution in [0.25, 0.3) is 0 Å². The highest BCUT2D eigenvalue weighted by Crippen LogP contribution is 2.23. The minimum Gasteiger partial charge on any atom is -0.495 e. The second-order valence-electron chi connectivity index (χ2n) is 4.09. The number of nitrogens with one attached hydrogen (secondary N) is 1. The third-order valence-electron chi connectivity index (χ3n) is 2.86. The van der Waals surface area contributed by atoms with E-state index in [-0.39, 0.29) is 0 Å². The maximum Gasteiger partial charge on any atom is 0.143 e. The summed E-state index contributed by atoms with van der Waals surface area (Å²) >= 11 is 0. The minimum atomic E-state index is 0.787. The fourth-order valence-corrected chi connectivity index (χ4v) is 1.84. The number of hydrogen-bond donors (Lipinski definition) is 1. The smallest absolute Gasteiger partial charge is 0.143 e. The highest BCUT2D eigenvalue weighted by atomic mass is 16.5. The molecule has 0 radical (unpaired) electrons. The lowest BCUT2D eigenvalue weighted by molar-refractivity contribution is 0.416. The van der Waals surface area contributed by atoms with Gasteiger partial charge in [0, 0.05) is 0 Å². The van der Waals surface area contributed by atoms with Gasteiger partial charge in [0.1, 0.15) is 5.75 Å². The van der Waals surface area contributed by atoms with E-state index in [2.05, 4.69) is 29.6 Å². The van der Waals surface area contributed by atoms with Crippen LogP contribution in [0.5, 0.6) is 5.75 Å². The van der Waals surface area contributed by atoms with Crippen molar-refractivity contribution in [2.24, 2.45) is 5.10 Å². The maximum absolute atomic E-state index is 5.29.